The molecule has 16 heteroatoms. The van der Waals surface area contributed by atoms with E-state index in [9.17, 15) is 19.2 Å². The van der Waals surface area contributed by atoms with Gasteiger partial charge in [-0.1, -0.05) is 18.9 Å². The number of ether oxygens (including phenoxy) is 2. The van der Waals surface area contributed by atoms with Gasteiger partial charge in [-0.05, 0) is 114 Å². The number of nitrogens with one attached hydrogen (secondary N) is 2. The van der Waals surface area contributed by atoms with Crippen LogP contribution in [0.3, 0.4) is 0 Å². The molecule has 0 spiro atoms. The maximum absolute atomic E-state index is 15.1. The number of imide groups is 1. The van der Waals surface area contributed by atoms with Gasteiger partial charge in [0.1, 0.15) is 30.2 Å². The van der Waals surface area contributed by atoms with E-state index in [0.717, 1.165) is 74.8 Å². The van der Waals surface area contributed by atoms with Gasteiger partial charge in [-0.25, -0.2) is 23.7 Å². The largest absolute Gasteiger partial charge is 0.493 e. The monoisotopic (exact) mass is 840 g/mol. The normalized spacial score (nSPS) is 17.5. The number of allylic oxidation sites excluding steroid dienone is 1. The van der Waals surface area contributed by atoms with Crippen molar-refractivity contribution in [2.24, 2.45) is 0 Å². The van der Waals surface area contributed by atoms with Crippen LogP contribution in [0.4, 0.5) is 26.2 Å². The van der Waals surface area contributed by atoms with Gasteiger partial charge in [-0.15, -0.1) is 0 Å². The number of nitrogens with zero attached hydrogens (tertiary/aromatic N) is 6. The summed E-state index contributed by atoms with van der Waals surface area (Å²) >= 11 is 0. The molecule has 0 saturated carbocycles. The minimum absolute atomic E-state index is 0.0192. The number of aldehydes is 1. The first-order valence-electron chi connectivity index (χ1n) is 21.4. The fourth-order valence-corrected chi connectivity index (χ4v) is 8.53. The van der Waals surface area contributed by atoms with Gasteiger partial charge in [0.25, 0.3) is 11.8 Å². The van der Waals surface area contributed by atoms with Crippen LogP contribution in [0.25, 0.3) is 11.3 Å². The van der Waals surface area contributed by atoms with E-state index in [1.165, 1.54) is 13.1 Å². The number of pyridine rings is 1. The highest BCUT2D eigenvalue weighted by molar-refractivity contribution is 6.22. The second-order valence-corrected chi connectivity index (χ2v) is 16.2. The number of likely N-dealkylation sites (tertiary alicyclic amines) is 1. The number of anilines is 3. The van der Waals surface area contributed by atoms with Gasteiger partial charge in [0, 0.05) is 36.8 Å². The van der Waals surface area contributed by atoms with Gasteiger partial charge in [-0.3, -0.25) is 19.3 Å². The highest BCUT2D eigenvalue weighted by Crippen LogP contribution is 2.40. The van der Waals surface area contributed by atoms with E-state index in [1.54, 1.807) is 6.07 Å². The zero-order valence-electron chi connectivity index (χ0n) is 35.1. The maximum Gasteiger partial charge on any atom is 0.265 e. The predicted molar refractivity (Wildman–Crippen MR) is 225 cm³/mol. The van der Waals surface area contributed by atoms with Crippen LogP contribution in [0.1, 0.15) is 89.5 Å². The molecule has 5 heterocycles. The van der Waals surface area contributed by atoms with E-state index in [-0.39, 0.29) is 47.8 Å². The van der Waals surface area contributed by atoms with E-state index in [4.69, 9.17) is 9.47 Å². The van der Waals surface area contributed by atoms with E-state index in [1.807, 2.05) is 37.1 Å². The van der Waals surface area contributed by atoms with Gasteiger partial charge < -0.3 is 34.7 Å². The minimum Gasteiger partial charge on any atom is -0.493 e. The number of fused-ring (bicyclic) bond motifs is 1. The number of piperidine rings is 1. The molecule has 3 amide bonds. The Morgan fingerprint density at radius 2 is 1.82 bits per heavy atom. The number of carbonyl (C=O) groups excluding carboxylic acids is 4. The summed E-state index contributed by atoms with van der Waals surface area (Å²) in [6.45, 7) is 8.44. The average molecular weight is 841 g/mol. The Morgan fingerprint density at radius 1 is 1.02 bits per heavy atom. The number of rotatable bonds is 18. The van der Waals surface area contributed by atoms with Crippen LogP contribution in [0.15, 0.2) is 59.6 Å². The number of amides is 3. The topological polar surface area (TPSA) is 159 Å². The van der Waals surface area contributed by atoms with E-state index >= 15 is 8.78 Å². The Hall–Kier alpha value is -5.77. The SMILES string of the molecule is CNC(=O)CCC(C=O)N1C(=O)C2=C(C1=O)C(OCCCCCCN1CCC(c3ccc(Nc4ncc(F)c(-c5cc(F)c6c(c5)N(C(C)C)CCO6)n4)nc3)CC1)=CCC2. The summed E-state index contributed by atoms with van der Waals surface area (Å²) in [7, 11) is 1.50. The first kappa shape index (κ1) is 43.3. The number of benzene rings is 1. The number of unbranched alkanes of at least 4 members (excludes halogenated alkanes) is 3. The molecule has 2 aromatic heterocycles. The second-order valence-electron chi connectivity index (χ2n) is 16.2. The fraction of sp³-hybridized carbons (Fsp3) is 0.489. The molecule has 1 unspecified atom stereocenters. The van der Waals surface area contributed by atoms with Crippen molar-refractivity contribution < 1.29 is 37.4 Å². The fourth-order valence-electron chi connectivity index (χ4n) is 8.53. The molecule has 1 saturated heterocycles. The quantitative estimate of drug-likeness (QED) is 0.0831. The van der Waals surface area contributed by atoms with Gasteiger partial charge in [0.2, 0.25) is 11.9 Å². The molecule has 14 nitrogen and oxygen atoms in total. The predicted octanol–water partition coefficient (Wildman–Crippen LogP) is 6.36. The van der Waals surface area contributed by atoms with Crippen LogP contribution < -0.4 is 20.3 Å². The molecule has 1 aliphatic carbocycles. The standard InChI is InChI=1S/C45H54F2N8O6/c1-28(2)54-20-22-61-42-34(46)23-31(24-36(42)54)41-35(47)26-50-45(52-41)51-38-13-11-30(25-49-38)29-15-18-53(19-16-29)17-6-4-5-7-21-60-37-10-8-9-33-40(37)44(59)55(43(33)58)32(27-56)12-14-39(57)48-3/h10-11,13,23-29,32H,4-9,12,14-22H2,1-3H3,(H,48,57)(H,49,50,51,52). The molecular weight excluding hydrogens is 787 g/mol. The summed E-state index contributed by atoms with van der Waals surface area (Å²) in [4.78, 5) is 68.6. The van der Waals surface area contributed by atoms with Crippen molar-refractivity contribution in [3.05, 3.63) is 76.8 Å². The van der Waals surface area contributed by atoms with Crippen molar-refractivity contribution in [3.63, 3.8) is 0 Å². The lowest BCUT2D eigenvalue weighted by atomic mass is 9.90. The number of hydrogen-bond acceptors (Lipinski definition) is 12. The van der Waals surface area contributed by atoms with Crippen molar-refractivity contribution in [3.8, 4) is 17.0 Å². The molecule has 0 bridgehead atoms. The van der Waals surface area contributed by atoms with Gasteiger partial charge in [0.15, 0.2) is 17.4 Å². The van der Waals surface area contributed by atoms with Crippen molar-refractivity contribution in [1.29, 1.82) is 0 Å². The summed E-state index contributed by atoms with van der Waals surface area (Å²) in [5, 5.41) is 5.56. The van der Waals surface area contributed by atoms with Crippen LogP contribution in [0, 0.1) is 11.6 Å². The Labute approximate surface area is 354 Å². The lowest BCUT2D eigenvalue weighted by molar-refractivity contribution is -0.143. The number of carbonyl (C=O) groups is 4. The molecule has 324 valence electrons. The molecule has 2 N–H and O–H groups in total. The molecule has 1 atom stereocenters. The zero-order chi connectivity index (χ0) is 43.0. The highest BCUT2D eigenvalue weighted by Gasteiger charge is 2.44. The van der Waals surface area contributed by atoms with E-state index < -0.39 is 29.5 Å². The highest BCUT2D eigenvalue weighted by atomic mass is 19.1. The van der Waals surface area contributed by atoms with Crippen LogP contribution >= 0.6 is 0 Å². The smallest absolute Gasteiger partial charge is 0.265 e. The Kier molecular flexibility index (Phi) is 14.0. The van der Waals surface area contributed by atoms with Gasteiger partial charge in [-0.2, -0.15) is 0 Å². The zero-order valence-corrected chi connectivity index (χ0v) is 35.1. The number of hydrogen-bond donors (Lipinski definition) is 2. The van der Waals surface area contributed by atoms with Crippen LogP contribution in [-0.4, -0.2) is 107 Å². The maximum atomic E-state index is 15.1. The summed E-state index contributed by atoms with van der Waals surface area (Å²) < 4.78 is 41.8. The first-order valence-corrected chi connectivity index (χ1v) is 21.4. The summed E-state index contributed by atoms with van der Waals surface area (Å²) in [6.07, 6.45) is 12.4. The van der Waals surface area contributed by atoms with E-state index in [2.05, 4.69) is 36.6 Å². The van der Waals surface area contributed by atoms with Crippen molar-refractivity contribution in [1.82, 2.24) is 30.1 Å². The molecule has 61 heavy (non-hydrogen) atoms. The van der Waals surface area contributed by atoms with Crippen LogP contribution in [0.5, 0.6) is 5.75 Å². The Bertz CT molecular complexity index is 2170. The molecule has 3 aliphatic heterocycles. The molecular formula is C45H54F2N8O6. The summed E-state index contributed by atoms with van der Waals surface area (Å²) in [5.41, 5.74) is 2.63. The lowest BCUT2D eigenvalue weighted by Gasteiger charge is -2.34. The minimum atomic E-state index is -1.00. The molecule has 3 aromatic rings. The van der Waals surface area contributed by atoms with E-state index in [0.29, 0.717) is 73.2 Å². The molecule has 1 fully saturated rings. The summed E-state index contributed by atoms with van der Waals surface area (Å²) in [5.74, 6) is -0.864. The Morgan fingerprint density at radius 3 is 2.56 bits per heavy atom. The average Bonchev–Trinajstić information content (AvgIpc) is 3.53. The van der Waals surface area contributed by atoms with Crippen LogP contribution in [0.2, 0.25) is 0 Å². The van der Waals surface area contributed by atoms with Crippen molar-refractivity contribution >= 4 is 41.5 Å². The third-order valence-corrected chi connectivity index (χ3v) is 11.9. The Balaban J connectivity index is 0.821. The summed E-state index contributed by atoms with van der Waals surface area (Å²) in [6, 6.07) is 5.98. The third kappa shape index (κ3) is 9.90. The van der Waals surface area contributed by atoms with Gasteiger partial charge >= 0.3 is 0 Å². The molecule has 7 rings (SSSR count). The third-order valence-electron chi connectivity index (χ3n) is 11.9. The lowest BCUT2D eigenvalue weighted by Crippen LogP contribution is -2.43. The number of aromatic nitrogens is 3. The van der Waals surface area contributed by atoms with Crippen molar-refractivity contribution in [2.45, 2.75) is 96.1 Å². The number of halogens is 2. The van der Waals surface area contributed by atoms with Crippen LogP contribution in [-0.2, 0) is 23.9 Å². The molecule has 0 radical (unpaired) electrons. The molecule has 1 aromatic carbocycles. The first-order chi connectivity index (χ1) is 29.6. The van der Waals surface area contributed by atoms with Gasteiger partial charge in [0.05, 0.1) is 36.7 Å². The molecule has 4 aliphatic rings. The second kappa shape index (κ2) is 19.7. The van der Waals surface area contributed by atoms with Crippen molar-refractivity contribution in [2.75, 3.05) is 56.7 Å².